The Kier molecular flexibility index (Phi) is 4.66. The minimum atomic E-state index is -0.293. The van der Waals surface area contributed by atoms with Crippen molar-refractivity contribution in [3.63, 3.8) is 0 Å². The first kappa shape index (κ1) is 17.3. The molecule has 2 aliphatic rings. The molecule has 27 heavy (non-hydrogen) atoms. The second-order valence-electron chi connectivity index (χ2n) is 6.57. The molecule has 7 heteroatoms. The standard InChI is InChI=1S/C20H22N2O5/c1-12-7-13-8-15(3-4-16(13)27-12)22-20(23)21-11-14-9-18-19(10-17(14)24-2)26-6-5-25-18/h3-4,8-10,12H,5-7,11H2,1-2H3,(H2,21,22,23)/t12-/m0/s1. The molecule has 0 bridgehead atoms. The van der Waals surface area contributed by atoms with E-state index in [1.165, 1.54) is 0 Å². The van der Waals surface area contributed by atoms with E-state index < -0.39 is 0 Å². The van der Waals surface area contributed by atoms with Crippen molar-refractivity contribution in [2.24, 2.45) is 0 Å². The molecule has 0 saturated heterocycles. The lowest BCUT2D eigenvalue weighted by molar-refractivity contribution is 0.170. The van der Waals surface area contributed by atoms with Gasteiger partial charge in [0, 0.05) is 30.3 Å². The normalized spacial score (nSPS) is 16.9. The van der Waals surface area contributed by atoms with Crippen molar-refractivity contribution in [2.45, 2.75) is 26.0 Å². The van der Waals surface area contributed by atoms with E-state index in [9.17, 15) is 4.79 Å². The number of carbonyl (C=O) groups excluding carboxylic acids is 1. The number of hydrogen-bond donors (Lipinski definition) is 2. The Hall–Kier alpha value is -3.09. The van der Waals surface area contributed by atoms with Crippen molar-refractivity contribution in [3.8, 4) is 23.0 Å². The van der Waals surface area contributed by atoms with Crippen LogP contribution in [0.25, 0.3) is 0 Å². The molecule has 142 valence electrons. The minimum Gasteiger partial charge on any atom is -0.496 e. The average molecular weight is 370 g/mol. The molecular formula is C20H22N2O5. The number of hydrogen-bond acceptors (Lipinski definition) is 5. The summed E-state index contributed by atoms with van der Waals surface area (Å²) in [4.78, 5) is 12.3. The molecule has 4 rings (SSSR count). The maximum Gasteiger partial charge on any atom is 0.319 e. The van der Waals surface area contributed by atoms with Crippen molar-refractivity contribution < 1.29 is 23.7 Å². The summed E-state index contributed by atoms with van der Waals surface area (Å²) in [7, 11) is 1.59. The smallest absolute Gasteiger partial charge is 0.319 e. The van der Waals surface area contributed by atoms with E-state index in [1.54, 1.807) is 13.2 Å². The van der Waals surface area contributed by atoms with E-state index in [1.807, 2.05) is 31.2 Å². The first-order valence-electron chi connectivity index (χ1n) is 8.93. The highest BCUT2D eigenvalue weighted by Crippen LogP contribution is 2.36. The molecule has 2 aromatic rings. The Morgan fingerprint density at radius 3 is 2.70 bits per heavy atom. The van der Waals surface area contributed by atoms with Crippen molar-refractivity contribution >= 4 is 11.7 Å². The Balaban J connectivity index is 1.40. The van der Waals surface area contributed by atoms with Gasteiger partial charge in [-0.2, -0.15) is 0 Å². The fraction of sp³-hybridized carbons (Fsp3) is 0.350. The molecule has 0 spiro atoms. The zero-order chi connectivity index (χ0) is 18.8. The Labute approximate surface area is 157 Å². The lowest BCUT2D eigenvalue weighted by Gasteiger charge is -2.21. The Bertz CT molecular complexity index is 868. The van der Waals surface area contributed by atoms with Crippen molar-refractivity contribution in [2.75, 3.05) is 25.6 Å². The van der Waals surface area contributed by atoms with Gasteiger partial charge in [-0.25, -0.2) is 4.79 Å². The van der Waals surface area contributed by atoms with E-state index in [0.29, 0.717) is 37.0 Å². The lowest BCUT2D eigenvalue weighted by Crippen LogP contribution is -2.28. The molecule has 0 aromatic heterocycles. The topological polar surface area (TPSA) is 78.1 Å². The average Bonchev–Trinajstić information content (AvgIpc) is 3.04. The number of fused-ring (bicyclic) bond motifs is 2. The van der Waals surface area contributed by atoms with Gasteiger partial charge in [0.05, 0.1) is 7.11 Å². The predicted octanol–water partition coefficient (Wildman–Crippen LogP) is 3.11. The van der Waals surface area contributed by atoms with Crippen molar-refractivity contribution in [1.29, 1.82) is 0 Å². The van der Waals surface area contributed by atoms with Crippen LogP contribution in [0.5, 0.6) is 23.0 Å². The first-order valence-corrected chi connectivity index (χ1v) is 8.93. The van der Waals surface area contributed by atoms with E-state index in [0.717, 1.165) is 29.0 Å². The maximum absolute atomic E-state index is 12.3. The molecule has 0 unspecified atom stereocenters. The number of anilines is 1. The summed E-state index contributed by atoms with van der Waals surface area (Å²) in [5, 5.41) is 5.70. The quantitative estimate of drug-likeness (QED) is 0.865. The molecule has 2 aliphatic heterocycles. The highest BCUT2D eigenvalue weighted by molar-refractivity contribution is 5.89. The van der Waals surface area contributed by atoms with Crippen LogP contribution < -0.4 is 29.6 Å². The number of benzene rings is 2. The summed E-state index contributed by atoms with van der Waals surface area (Å²) >= 11 is 0. The fourth-order valence-corrected chi connectivity index (χ4v) is 3.29. The van der Waals surface area contributed by atoms with Crippen molar-refractivity contribution in [1.82, 2.24) is 5.32 Å². The Morgan fingerprint density at radius 1 is 1.15 bits per heavy atom. The van der Waals surface area contributed by atoms with Gasteiger partial charge < -0.3 is 29.6 Å². The molecule has 2 aromatic carbocycles. The summed E-state index contributed by atoms with van der Waals surface area (Å²) in [5.41, 5.74) is 2.65. The van der Waals surface area contributed by atoms with E-state index in [4.69, 9.17) is 18.9 Å². The monoisotopic (exact) mass is 370 g/mol. The Morgan fingerprint density at radius 2 is 1.93 bits per heavy atom. The van der Waals surface area contributed by atoms with Crippen LogP contribution in [-0.2, 0) is 13.0 Å². The van der Waals surface area contributed by atoms with Crippen LogP contribution in [0, 0.1) is 0 Å². The molecule has 7 nitrogen and oxygen atoms in total. The highest BCUT2D eigenvalue weighted by Gasteiger charge is 2.20. The summed E-state index contributed by atoms with van der Waals surface area (Å²) < 4.78 is 22.2. The van der Waals surface area contributed by atoms with Gasteiger partial charge in [-0.05, 0) is 36.8 Å². The first-order chi connectivity index (χ1) is 13.1. The third-order valence-corrected chi connectivity index (χ3v) is 4.54. The summed E-state index contributed by atoms with van der Waals surface area (Å²) in [6, 6.07) is 8.99. The fourth-order valence-electron chi connectivity index (χ4n) is 3.29. The number of carbonyl (C=O) groups is 1. The van der Waals surface area contributed by atoms with Crippen LogP contribution in [0.15, 0.2) is 30.3 Å². The van der Waals surface area contributed by atoms with Crippen LogP contribution in [0.4, 0.5) is 10.5 Å². The molecule has 0 radical (unpaired) electrons. The summed E-state index contributed by atoms with van der Waals surface area (Å²) in [6.07, 6.45) is 1.02. The third-order valence-electron chi connectivity index (χ3n) is 4.54. The second-order valence-corrected chi connectivity index (χ2v) is 6.57. The number of ether oxygens (including phenoxy) is 4. The second kappa shape index (κ2) is 7.26. The number of methoxy groups -OCH3 is 1. The number of urea groups is 1. The molecule has 0 fully saturated rings. The third kappa shape index (κ3) is 3.72. The zero-order valence-electron chi connectivity index (χ0n) is 15.3. The largest absolute Gasteiger partial charge is 0.496 e. The highest BCUT2D eigenvalue weighted by atomic mass is 16.6. The predicted molar refractivity (Wildman–Crippen MR) is 100 cm³/mol. The van der Waals surface area contributed by atoms with Crippen LogP contribution in [0.1, 0.15) is 18.1 Å². The van der Waals surface area contributed by atoms with Gasteiger partial charge in [0.1, 0.15) is 30.8 Å². The van der Waals surface area contributed by atoms with Gasteiger partial charge in [-0.15, -0.1) is 0 Å². The lowest BCUT2D eigenvalue weighted by atomic mass is 10.1. The minimum absolute atomic E-state index is 0.173. The van der Waals surface area contributed by atoms with E-state index in [2.05, 4.69) is 10.6 Å². The van der Waals surface area contributed by atoms with Crippen LogP contribution >= 0.6 is 0 Å². The van der Waals surface area contributed by atoms with Gasteiger partial charge in [0.2, 0.25) is 0 Å². The molecule has 0 aliphatic carbocycles. The van der Waals surface area contributed by atoms with Crippen LogP contribution in [-0.4, -0.2) is 32.5 Å². The van der Waals surface area contributed by atoms with Gasteiger partial charge >= 0.3 is 6.03 Å². The molecule has 1 atom stereocenters. The molecule has 2 N–H and O–H groups in total. The van der Waals surface area contributed by atoms with Crippen LogP contribution in [0.2, 0.25) is 0 Å². The maximum atomic E-state index is 12.3. The molecule has 2 amide bonds. The van der Waals surface area contributed by atoms with Crippen molar-refractivity contribution in [3.05, 3.63) is 41.5 Å². The summed E-state index contributed by atoms with van der Waals surface area (Å²) in [6.45, 7) is 3.35. The SMILES string of the molecule is COc1cc2c(cc1CNC(=O)Nc1ccc3c(c1)C[C@H](C)O3)OCCO2. The van der Waals surface area contributed by atoms with Crippen LogP contribution in [0.3, 0.4) is 0 Å². The molecular weight excluding hydrogens is 348 g/mol. The number of amides is 2. The zero-order valence-corrected chi connectivity index (χ0v) is 15.3. The van der Waals surface area contributed by atoms with Gasteiger partial charge in [-0.3, -0.25) is 0 Å². The molecule has 2 heterocycles. The van der Waals surface area contributed by atoms with Gasteiger partial charge in [-0.1, -0.05) is 0 Å². The van der Waals surface area contributed by atoms with E-state index >= 15 is 0 Å². The number of rotatable bonds is 4. The number of nitrogens with one attached hydrogen (secondary N) is 2. The summed E-state index contributed by atoms with van der Waals surface area (Å²) in [5.74, 6) is 2.84. The van der Waals surface area contributed by atoms with E-state index in [-0.39, 0.29) is 12.1 Å². The molecule has 0 saturated carbocycles. The van der Waals surface area contributed by atoms with Gasteiger partial charge in [0.25, 0.3) is 0 Å². The van der Waals surface area contributed by atoms with Gasteiger partial charge in [0.15, 0.2) is 11.5 Å².